The lowest BCUT2D eigenvalue weighted by atomic mass is 10.3. The molecule has 122 valence electrons. The maximum Gasteiger partial charge on any atom is 0.275 e. The van der Waals surface area contributed by atoms with Crippen LogP contribution in [0.1, 0.15) is 10.5 Å². The highest BCUT2D eigenvalue weighted by atomic mass is 35.5. The van der Waals surface area contributed by atoms with Crippen molar-refractivity contribution in [1.82, 2.24) is 9.97 Å². The van der Waals surface area contributed by atoms with E-state index < -0.39 is 0 Å². The molecule has 2 rings (SSSR count). The van der Waals surface area contributed by atoms with Crippen molar-refractivity contribution in [1.29, 1.82) is 0 Å². The van der Waals surface area contributed by atoms with Crippen LogP contribution in [0.3, 0.4) is 0 Å². The van der Waals surface area contributed by atoms with Gasteiger partial charge < -0.3 is 20.1 Å². The van der Waals surface area contributed by atoms with Crippen LogP contribution in [0.5, 0.6) is 5.75 Å². The third-order valence-corrected chi connectivity index (χ3v) is 3.20. The first-order valence-corrected chi connectivity index (χ1v) is 7.21. The Bertz CT molecular complexity index is 664. The van der Waals surface area contributed by atoms with Crippen LogP contribution in [0, 0.1) is 0 Å². The molecule has 1 heterocycles. The molecule has 0 spiro atoms. The smallest absolute Gasteiger partial charge is 0.275 e. The van der Waals surface area contributed by atoms with Gasteiger partial charge in [-0.3, -0.25) is 4.79 Å². The van der Waals surface area contributed by atoms with Crippen molar-refractivity contribution in [3.63, 3.8) is 0 Å². The molecule has 23 heavy (non-hydrogen) atoms. The average Bonchev–Trinajstić information content (AvgIpc) is 2.56. The predicted molar refractivity (Wildman–Crippen MR) is 88.4 cm³/mol. The standard InChI is InChI=1S/C15H17ClN4O3/c1-22-6-5-17-14-9-18-12(8-19-14)15(21)20-10-3-4-13(23-2)11(16)7-10/h3-4,7-9H,5-6H2,1-2H3,(H,17,19)(H,20,21). The van der Waals surface area contributed by atoms with Gasteiger partial charge in [0.1, 0.15) is 17.3 Å². The van der Waals surface area contributed by atoms with Crippen molar-refractivity contribution in [2.24, 2.45) is 0 Å². The number of halogens is 1. The van der Waals surface area contributed by atoms with Gasteiger partial charge in [-0.25, -0.2) is 9.97 Å². The van der Waals surface area contributed by atoms with Gasteiger partial charge >= 0.3 is 0 Å². The predicted octanol–water partition coefficient (Wildman–Crippen LogP) is 2.45. The van der Waals surface area contributed by atoms with Crippen LogP contribution in [0.15, 0.2) is 30.6 Å². The second-order valence-corrected chi connectivity index (χ2v) is 4.92. The Morgan fingerprint density at radius 2 is 2.09 bits per heavy atom. The zero-order valence-electron chi connectivity index (χ0n) is 12.8. The Kier molecular flexibility index (Phi) is 6.13. The fraction of sp³-hybridized carbons (Fsp3) is 0.267. The summed E-state index contributed by atoms with van der Waals surface area (Å²) in [4.78, 5) is 20.3. The van der Waals surface area contributed by atoms with Crippen LogP contribution in [0.25, 0.3) is 0 Å². The molecular weight excluding hydrogens is 320 g/mol. The SMILES string of the molecule is COCCNc1cnc(C(=O)Nc2ccc(OC)c(Cl)c2)cn1. The van der Waals surface area contributed by atoms with Gasteiger partial charge in [0.2, 0.25) is 0 Å². The average molecular weight is 337 g/mol. The molecule has 1 aromatic carbocycles. The van der Waals surface area contributed by atoms with Crippen molar-refractivity contribution >= 4 is 29.0 Å². The zero-order valence-corrected chi connectivity index (χ0v) is 13.6. The lowest BCUT2D eigenvalue weighted by molar-refractivity contribution is 0.102. The molecule has 0 saturated heterocycles. The van der Waals surface area contributed by atoms with Crippen LogP contribution in [0.4, 0.5) is 11.5 Å². The van der Waals surface area contributed by atoms with Gasteiger partial charge in [-0.15, -0.1) is 0 Å². The molecule has 0 aliphatic rings. The molecule has 1 aromatic heterocycles. The number of ether oxygens (including phenoxy) is 2. The normalized spacial score (nSPS) is 10.2. The Balaban J connectivity index is 1.99. The largest absolute Gasteiger partial charge is 0.495 e. The lowest BCUT2D eigenvalue weighted by Crippen LogP contribution is -2.15. The lowest BCUT2D eigenvalue weighted by Gasteiger charge is -2.08. The van der Waals surface area contributed by atoms with E-state index in [0.717, 1.165) is 0 Å². The summed E-state index contributed by atoms with van der Waals surface area (Å²) in [6.07, 6.45) is 2.89. The van der Waals surface area contributed by atoms with Crippen molar-refractivity contribution in [3.05, 3.63) is 41.3 Å². The number of carbonyl (C=O) groups is 1. The number of hydrogen-bond donors (Lipinski definition) is 2. The number of benzene rings is 1. The number of aromatic nitrogens is 2. The first-order valence-electron chi connectivity index (χ1n) is 6.83. The summed E-state index contributed by atoms with van der Waals surface area (Å²) in [5.74, 6) is 0.740. The third-order valence-electron chi connectivity index (χ3n) is 2.91. The highest BCUT2D eigenvalue weighted by molar-refractivity contribution is 6.32. The molecule has 2 aromatic rings. The highest BCUT2D eigenvalue weighted by Gasteiger charge is 2.10. The Labute approximate surface area is 139 Å². The molecule has 0 unspecified atom stereocenters. The van der Waals surface area contributed by atoms with Gasteiger partial charge in [-0.1, -0.05) is 11.6 Å². The quantitative estimate of drug-likeness (QED) is 0.755. The molecule has 0 fully saturated rings. The van der Waals surface area contributed by atoms with Gasteiger partial charge in [0.05, 0.1) is 31.1 Å². The molecule has 0 bridgehead atoms. The molecule has 0 atom stereocenters. The number of carbonyl (C=O) groups excluding carboxylic acids is 1. The van der Waals surface area contributed by atoms with E-state index in [4.69, 9.17) is 21.1 Å². The van der Waals surface area contributed by atoms with Gasteiger partial charge in [0.15, 0.2) is 0 Å². The van der Waals surface area contributed by atoms with E-state index in [9.17, 15) is 4.79 Å². The van der Waals surface area contributed by atoms with E-state index in [1.54, 1.807) is 25.3 Å². The fourth-order valence-corrected chi connectivity index (χ4v) is 2.01. The molecule has 1 amide bonds. The first kappa shape index (κ1) is 17.0. The van der Waals surface area contributed by atoms with Crippen molar-refractivity contribution in [2.75, 3.05) is 38.0 Å². The Morgan fingerprint density at radius 1 is 1.26 bits per heavy atom. The summed E-state index contributed by atoms with van der Waals surface area (Å²) in [5.41, 5.74) is 0.749. The van der Waals surface area contributed by atoms with Crippen LogP contribution in [0.2, 0.25) is 5.02 Å². The van der Waals surface area contributed by atoms with E-state index in [0.29, 0.717) is 35.4 Å². The number of rotatable bonds is 7. The number of nitrogens with zero attached hydrogens (tertiary/aromatic N) is 2. The number of hydrogen-bond acceptors (Lipinski definition) is 6. The van der Waals surface area contributed by atoms with Crippen molar-refractivity contribution in [3.8, 4) is 5.75 Å². The second kappa shape index (κ2) is 8.30. The summed E-state index contributed by atoms with van der Waals surface area (Å²) in [6.45, 7) is 1.17. The van der Waals surface area contributed by atoms with E-state index in [1.165, 1.54) is 19.5 Å². The number of amides is 1. The van der Waals surface area contributed by atoms with Crippen LogP contribution >= 0.6 is 11.6 Å². The summed E-state index contributed by atoms with van der Waals surface area (Å²) in [7, 11) is 3.14. The fourth-order valence-electron chi connectivity index (χ4n) is 1.76. The number of methoxy groups -OCH3 is 2. The maximum atomic E-state index is 12.1. The summed E-state index contributed by atoms with van der Waals surface area (Å²) in [6, 6.07) is 4.97. The summed E-state index contributed by atoms with van der Waals surface area (Å²) < 4.78 is 9.98. The monoisotopic (exact) mass is 336 g/mol. The van der Waals surface area contributed by atoms with Crippen LogP contribution in [-0.2, 0) is 4.74 Å². The maximum absolute atomic E-state index is 12.1. The molecular formula is C15H17ClN4O3. The zero-order chi connectivity index (χ0) is 16.7. The minimum atomic E-state index is -0.373. The summed E-state index contributed by atoms with van der Waals surface area (Å²) >= 11 is 6.02. The van der Waals surface area contributed by atoms with E-state index in [2.05, 4.69) is 20.6 Å². The topological polar surface area (TPSA) is 85.4 Å². The molecule has 0 radical (unpaired) electrons. The number of anilines is 2. The van der Waals surface area contributed by atoms with Crippen LogP contribution in [-0.4, -0.2) is 43.2 Å². The molecule has 0 aliphatic carbocycles. The Hall–Kier alpha value is -2.38. The summed E-state index contributed by atoms with van der Waals surface area (Å²) in [5, 5.41) is 6.13. The first-order chi connectivity index (χ1) is 11.1. The molecule has 0 aliphatic heterocycles. The van der Waals surface area contributed by atoms with E-state index >= 15 is 0 Å². The molecule has 2 N–H and O–H groups in total. The highest BCUT2D eigenvalue weighted by Crippen LogP contribution is 2.27. The molecule has 8 heteroatoms. The van der Waals surface area contributed by atoms with Gasteiger partial charge in [-0.2, -0.15) is 0 Å². The minimum Gasteiger partial charge on any atom is -0.495 e. The van der Waals surface area contributed by atoms with Crippen molar-refractivity contribution < 1.29 is 14.3 Å². The van der Waals surface area contributed by atoms with Crippen molar-refractivity contribution in [2.45, 2.75) is 0 Å². The van der Waals surface area contributed by atoms with E-state index in [1.807, 2.05) is 0 Å². The van der Waals surface area contributed by atoms with Gasteiger partial charge in [0.25, 0.3) is 5.91 Å². The number of nitrogens with one attached hydrogen (secondary N) is 2. The second-order valence-electron chi connectivity index (χ2n) is 4.51. The third kappa shape index (κ3) is 4.80. The molecule has 0 saturated carbocycles. The van der Waals surface area contributed by atoms with E-state index in [-0.39, 0.29) is 11.6 Å². The van der Waals surface area contributed by atoms with Crippen LogP contribution < -0.4 is 15.4 Å². The van der Waals surface area contributed by atoms with Gasteiger partial charge in [0, 0.05) is 19.3 Å². The van der Waals surface area contributed by atoms with Gasteiger partial charge in [-0.05, 0) is 18.2 Å². The Morgan fingerprint density at radius 3 is 2.70 bits per heavy atom. The molecule has 7 nitrogen and oxygen atoms in total. The minimum absolute atomic E-state index is 0.203.